The zero-order chi connectivity index (χ0) is 18.0. The van der Waals surface area contributed by atoms with E-state index in [2.05, 4.69) is 10.0 Å². The Hall–Kier alpha value is -1.68. The molecule has 0 unspecified atom stereocenters. The highest BCUT2D eigenvalue weighted by Crippen LogP contribution is 2.20. The number of rotatable bonds is 12. The van der Waals surface area contributed by atoms with E-state index in [0.717, 1.165) is 6.07 Å². The van der Waals surface area contributed by atoms with Crippen molar-refractivity contribution in [3.63, 3.8) is 0 Å². The largest absolute Gasteiger partial charge is 0.478 e. The minimum absolute atomic E-state index is 0.0963. The molecule has 24 heavy (non-hydrogen) atoms. The number of nitrogens with one attached hydrogen (secondary N) is 2. The summed E-state index contributed by atoms with van der Waals surface area (Å²) in [5, 5.41) is 12.3. The van der Waals surface area contributed by atoms with Crippen molar-refractivity contribution in [1.29, 1.82) is 0 Å². The third-order valence-corrected chi connectivity index (χ3v) is 4.57. The van der Waals surface area contributed by atoms with Crippen LogP contribution in [0.3, 0.4) is 0 Å². The first-order valence-electron chi connectivity index (χ1n) is 7.60. The van der Waals surface area contributed by atoms with E-state index in [4.69, 9.17) is 9.47 Å². The predicted octanol–water partition coefficient (Wildman–Crippen LogP) is 1.15. The van der Waals surface area contributed by atoms with Crippen molar-refractivity contribution < 1.29 is 27.8 Å². The van der Waals surface area contributed by atoms with E-state index in [1.54, 1.807) is 0 Å². The van der Waals surface area contributed by atoms with Crippen molar-refractivity contribution in [2.24, 2.45) is 0 Å². The van der Waals surface area contributed by atoms with Gasteiger partial charge in [-0.3, -0.25) is 0 Å². The van der Waals surface area contributed by atoms with Gasteiger partial charge in [0.25, 0.3) is 0 Å². The van der Waals surface area contributed by atoms with Crippen LogP contribution in [0.25, 0.3) is 0 Å². The Morgan fingerprint density at radius 2 is 2.00 bits per heavy atom. The molecule has 0 radical (unpaired) electrons. The highest BCUT2D eigenvalue weighted by molar-refractivity contribution is 7.89. The fourth-order valence-electron chi connectivity index (χ4n) is 1.92. The van der Waals surface area contributed by atoms with Crippen LogP contribution in [0.5, 0.6) is 0 Å². The number of hydrogen-bond donors (Lipinski definition) is 3. The molecule has 136 valence electrons. The van der Waals surface area contributed by atoms with Crippen LogP contribution in [0.1, 0.15) is 23.7 Å². The van der Waals surface area contributed by atoms with Gasteiger partial charge in [-0.15, -0.1) is 0 Å². The lowest BCUT2D eigenvalue weighted by atomic mass is 10.2. The van der Waals surface area contributed by atoms with E-state index >= 15 is 0 Å². The highest BCUT2D eigenvalue weighted by atomic mass is 32.2. The first kappa shape index (κ1) is 20.4. The molecule has 0 atom stereocenters. The minimum atomic E-state index is -3.78. The van der Waals surface area contributed by atoms with Crippen LogP contribution < -0.4 is 10.0 Å². The minimum Gasteiger partial charge on any atom is -0.478 e. The van der Waals surface area contributed by atoms with Crippen LogP contribution >= 0.6 is 0 Å². The SMILES string of the molecule is CCOCCCNc1ccc(S(=O)(=O)NCCOC)cc1C(=O)O. The highest BCUT2D eigenvalue weighted by Gasteiger charge is 2.18. The van der Waals surface area contributed by atoms with Gasteiger partial charge in [0.15, 0.2) is 0 Å². The Labute approximate surface area is 142 Å². The zero-order valence-electron chi connectivity index (χ0n) is 13.9. The summed E-state index contributed by atoms with van der Waals surface area (Å²) in [5.41, 5.74) is 0.274. The molecular weight excluding hydrogens is 336 g/mol. The van der Waals surface area contributed by atoms with Crippen molar-refractivity contribution in [3.8, 4) is 0 Å². The summed E-state index contributed by atoms with van der Waals surface area (Å²) in [5.74, 6) is -1.20. The second kappa shape index (κ2) is 10.2. The third kappa shape index (κ3) is 6.44. The van der Waals surface area contributed by atoms with E-state index in [0.29, 0.717) is 31.9 Å². The summed E-state index contributed by atoms with van der Waals surface area (Å²) in [6, 6.07) is 3.96. The molecule has 8 nitrogen and oxygen atoms in total. The van der Waals surface area contributed by atoms with Gasteiger partial charge in [-0.1, -0.05) is 0 Å². The molecule has 0 saturated heterocycles. The number of hydrogen-bond acceptors (Lipinski definition) is 6. The van der Waals surface area contributed by atoms with E-state index < -0.39 is 16.0 Å². The Morgan fingerprint density at radius 1 is 1.25 bits per heavy atom. The van der Waals surface area contributed by atoms with E-state index in [1.165, 1.54) is 19.2 Å². The van der Waals surface area contributed by atoms with Crippen LogP contribution in [0.4, 0.5) is 5.69 Å². The van der Waals surface area contributed by atoms with Gasteiger partial charge in [-0.25, -0.2) is 17.9 Å². The molecule has 1 rings (SSSR count). The number of aromatic carboxylic acids is 1. The molecule has 0 aromatic heterocycles. The van der Waals surface area contributed by atoms with Crippen LogP contribution in [-0.4, -0.2) is 59.5 Å². The number of carbonyl (C=O) groups is 1. The smallest absolute Gasteiger partial charge is 0.337 e. The number of methoxy groups -OCH3 is 1. The van der Waals surface area contributed by atoms with Gasteiger partial charge < -0.3 is 19.9 Å². The topological polar surface area (TPSA) is 114 Å². The standard InChI is InChI=1S/C15H24N2O6S/c1-3-23-9-4-7-16-14-6-5-12(11-13(14)15(18)19)24(20,21)17-8-10-22-2/h5-6,11,16-17H,3-4,7-10H2,1-2H3,(H,18,19). The van der Waals surface area contributed by atoms with E-state index in [9.17, 15) is 18.3 Å². The number of ether oxygens (including phenoxy) is 2. The maximum absolute atomic E-state index is 12.1. The van der Waals surface area contributed by atoms with Crippen LogP contribution in [0, 0.1) is 0 Å². The molecule has 0 bridgehead atoms. The van der Waals surface area contributed by atoms with Gasteiger partial charge in [0, 0.05) is 39.1 Å². The number of sulfonamides is 1. The van der Waals surface area contributed by atoms with Crippen LogP contribution in [0.2, 0.25) is 0 Å². The fraction of sp³-hybridized carbons (Fsp3) is 0.533. The lowest BCUT2D eigenvalue weighted by Gasteiger charge is -2.12. The molecular formula is C15H24N2O6S. The summed E-state index contributed by atoms with van der Waals surface area (Å²) in [6.45, 7) is 3.96. The number of carboxylic acids is 1. The third-order valence-electron chi connectivity index (χ3n) is 3.12. The molecule has 0 saturated carbocycles. The lowest BCUT2D eigenvalue weighted by molar-refractivity contribution is 0.0697. The normalized spacial score (nSPS) is 11.4. The molecule has 9 heteroatoms. The van der Waals surface area contributed by atoms with Crippen LogP contribution in [0.15, 0.2) is 23.1 Å². The Balaban J connectivity index is 2.84. The van der Waals surface area contributed by atoms with Gasteiger partial charge in [0.05, 0.1) is 17.1 Å². The second-order valence-corrected chi connectivity index (χ2v) is 6.65. The molecule has 0 aliphatic rings. The molecule has 0 aliphatic carbocycles. The first-order valence-corrected chi connectivity index (χ1v) is 9.08. The van der Waals surface area contributed by atoms with E-state index in [1.807, 2.05) is 6.92 Å². The van der Waals surface area contributed by atoms with Crippen molar-refractivity contribution in [2.45, 2.75) is 18.2 Å². The van der Waals surface area contributed by atoms with Gasteiger partial charge in [0.2, 0.25) is 10.0 Å². The fourth-order valence-corrected chi connectivity index (χ4v) is 2.96. The van der Waals surface area contributed by atoms with Gasteiger partial charge in [-0.2, -0.15) is 0 Å². The number of carboxylic acid groups (broad SMARTS) is 1. The molecule has 3 N–H and O–H groups in total. The summed E-state index contributed by atoms with van der Waals surface area (Å²) < 4.78 is 36.6. The average molecular weight is 360 g/mol. The van der Waals surface area contributed by atoms with Gasteiger partial charge >= 0.3 is 5.97 Å². The molecule has 0 heterocycles. The maximum atomic E-state index is 12.1. The van der Waals surface area contributed by atoms with Gasteiger partial charge in [0.1, 0.15) is 0 Å². The average Bonchev–Trinajstić information content (AvgIpc) is 2.54. The zero-order valence-corrected chi connectivity index (χ0v) is 14.7. The second-order valence-electron chi connectivity index (χ2n) is 4.88. The van der Waals surface area contributed by atoms with Crippen molar-refractivity contribution in [1.82, 2.24) is 4.72 Å². The Morgan fingerprint density at radius 3 is 2.62 bits per heavy atom. The molecule has 0 amide bonds. The molecule has 1 aromatic carbocycles. The summed E-state index contributed by atoms with van der Waals surface area (Å²) in [7, 11) is -2.32. The number of benzene rings is 1. The summed E-state index contributed by atoms with van der Waals surface area (Å²) >= 11 is 0. The molecule has 0 aliphatic heterocycles. The molecule has 1 aromatic rings. The lowest BCUT2D eigenvalue weighted by Crippen LogP contribution is -2.27. The van der Waals surface area contributed by atoms with Crippen molar-refractivity contribution >= 4 is 21.7 Å². The predicted molar refractivity (Wildman–Crippen MR) is 90.1 cm³/mol. The van der Waals surface area contributed by atoms with Gasteiger partial charge in [-0.05, 0) is 31.5 Å². The van der Waals surface area contributed by atoms with Crippen molar-refractivity contribution in [3.05, 3.63) is 23.8 Å². The molecule has 0 spiro atoms. The molecule has 0 fully saturated rings. The summed E-state index contributed by atoms with van der Waals surface area (Å²) in [4.78, 5) is 11.3. The quantitative estimate of drug-likeness (QED) is 0.479. The number of anilines is 1. The van der Waals surface area contributed by atoms with Crippen molar-refractivity contribution in [2.75, 3.05) is 45.3 Å². The maximum Gasteiger partial charge on any atom is 0.337 e. The monoisotopic (exact) mass is 360 g/mol. The van der Waals surface area contributed by atoms with Crippen LogP contribution in [-0.2, 0) is 19.5 Å². The first-order chi connectivity index (χ1) is 11.4. The van der Waals surface area contributed by atoms with E-state index in [-0.39, 0.29) is 23.6 Å². The summed E-state index contributed by atoms with van der Waals surface area (Å²) in [6.07, 6.45) is 0.714. The Kier molecular flexibility index (Phi) is 8.69. The Bertz CT molecular complexity index is 633.